The van der Waals surface area contributed by atoms with Gasteiger partial charge in [-0.3, -0.25) is 9.69 Å². The minimum absolute atomic E-state index is 0.266. The van der Waals surface area contributed by atoms with Crippen LogP contribution in [0, 0.1) is 6.92 Å². The highest BCUT2D eigenvalue weighted by atomic mass is 16.2. The van der Waals surface area contributed by atoms with Crippen molar-refractivity contribution in [3.63, 3.8) is 0 Å². The third-order valence-electron chi connectivity index (χ3n) is 4.14. The summed E-state index contributed by atoms with van der Waals surface area (Å²) in [7, 11) is 3.94. The van der Waals surface area contributed by atoms with Crippen molar-refractivity contribution in [3.8, 4) is 0 Å². The van der Waals surface area contributed by atoms with E-state index in [2.05, 4.69) is 5.32 Å². The Morgan fingerprint density at radius 1 is 1.00 bits per heavy atom. The van der Waals surface area contributed by atoms with E-state index >= 15 is 0 Å². The van der Waals surface area contributed by atoms with E-state index in [1.54, 1.807) is 6.08 Å². The Morgan fingerprint density at radius 3 is 2.24 bits per heavy atom. The Hall–Kier alpha value is -3.08. The van der Waals surface area contributed by atoms with Gasteiger partial charge < -0.3 is 10.2 Å². The number of carbonyl (C=O) groups excluding carboxylic acids is 2. The van der Waals surface area contributed by atoms with E-state index in [1.807, 2.05) is 74.4 Å². The standard InChI is InChI=1S/C20H21N3O2/c1-14-4-6-16(7-5-14)13-23-19(24)18(21-20(23)25)12-15-8-10-17(11-9-15)22(2)3/h4-12H,13H2,1-3H3,(H,21,25). The van der Waals surface area contributed by atoms with Crippen LogP contribution in [0.25, 0.3) is 6.08 Å². The van der Waals surface area contributed by atoms with E-state index in [9.17, 15) is 9.59 Å². The van der Waals surface area contributed by atoms with Gasteiger partial charge in [0.15, 0.2) is 0 Å². The molecule has 2 aromatic rings. The van der Waals surface area contributed by atoms with Crippen LogP contribution in [0.2, 0.25) is 0 Å². The van der Waals surface area contributed by atoms with Crippen LogP contribution >= 0.6 is 0 Å². The number of hydrogen-bond donors (Lipinski definition) is 1. The number of urea groups is 1. The number of nitrogens with zero attached hydrogens (tertiary/aromatic N) is 2. The number of aryl methyl sites for hydroxylation is 1. The van der Waals surface area contributed by atoms with E-state index in [0.29, 0.717) is 5.70 Å². The topological polar surface area (TPSA) is 52.7 Å². The Morgan fingerprint density at radius 2 is 1.64 bits per heavy atom. The number of rotatable bonds is 4. The van der Waals surface area contributed by atoms with E-state index < -0.39 is 0 Å². The summed E-state index contributed by atoms with van der Waals surface area (Å²) in [6, 6.07) is 15.2. The number of anilines is 1. The monoisotopic (exact) mass is 335 g/mol. The van der Waals surface area contributed by atoms with Gasteiger partial charge in [0.05, 0.1) is 6.54 Å². The van der Waals surface area contributed by atoms with E-state index in [4.69, 9.17) is 0 Å². The fourth-order valence-corrected chi connectivity index (χ4v) is 2.63. The Bertz CT molecular complexity index is 821. The molecule has 2 aromatic carbocycles. The van der Waals surface area contributed by atoms with Gasteiger partial charge in [0.2, 0.25) is 0 Å². The minimum atomic E-state index is -0.387. The fourth-order valence-electron chi connectivity index (χ4n) is 2.63. The van der Waals surface area contributed by atoms with Gasteiger partial charge in [-0.25, -0.2) is 4.79 Å². The molecule has 1 aliphatic rings. The fraction of sp³-hybridized carbons (Fsp3) is 0.200. The first-order chi connectivity index (χ1) is 11.9. The number of nitrogens with one attached hydrogen (secondary N) is 1. The lowest BCUT2D eigenvalue weighted by molar-refractivity contribution is -0.123. The lowest BCUT2D eigenvalue weighted by Crippen LogP contribution is -2.30. The van der Waals surface area contributed by atoms with Crippen molar-refractivity contribution in [2.24, 2.45) is 0 Å². The lowest BCUT2D eigenvalue weighted by Gasteiger charge is -2.12. The molecular weight excluding hydrogens is 314 g/mol. The van der Waals surface area contributed by atoms with Crippen LogP contribution in [0.4, 0.5) is 10.5 Å². The largest absolute Gasteiger partial charge is 0.378 e. The first kappa shape index (κ1) is 16.8. The number of imide groups is 1. The summed E-state index contributed by atoms with van der Waals surface area (Å²) in [4.78, 5) is 27.9. The Balaban J connectivity index is 1.77. The zero-order chi connectivity index (χ0) is 18.0. The smallest absolute Gasteiger partial charge is 0.329 e. The Labute approximate surface area is 147 Å². The Kier molecular flexibility index (Phi) is 4.57. The van der Waals surface area contributed by atoms with Crippen molar-refractivity contribution in [2.45, 2.75) is 13.5 Å². The second-order valence-corrected chi connectivity index (χ2v) is 6.35. The number of amides is 3. The zero-order valence-electron chi connectivity index (χ0n) is 14.6. The van der Waals surface area contributed by atoms with Gasteiger partial charge in [-0.2, -0.15) is 0 Å². The van der Waals surface area contributed by atoms with Crippen molar-refractivity contribution in [2.75, 3.05) is 19.0 Å². The summed E-state index contributed by atoms with van der Waals surface area (Å²) >= 11 is 0. The maximum absolute atomic E-state index is 12.5. The maximum Gasteiger partial charge on any atom is 0.329 e. The van der Waals surface area contributed by atoms with E-state index in [0.717, 1.165) is 22.4 Å². The highest BCUT2D eigenvalue weighted by molar-refractivity contribution is 6.13. The molecule has 3 amide bonds. The van der Waals surface area contributed by atoms with Gasteiger partial charge in [-0.15, -0.1) is 0 Å². The van der Waals surface area contributed by atoms with Gasteiger partial charge in [0.25, 0.3) is 5.91 Å². The van der Waals surface area contributed by atoms with Crippen molar-refractivity contribution in [1.29, 1.82) is 0 Å². The third-order valence-corrected chi connectivity index (χ3v) is 4.14. The molecule has 0 saturated carbocycles. The van der Waals surface area contributed by atoms with Crippen molar-refractivity contribution in [3.05, 3.63) is 70.9 Å². The molecule has 0 unspecified atom stereocenters. The number of benzene rings is 2. The second-order valence-electron chi connectivity index (χ2n) is 6.35. The van der Waals surface area contributed by atoms with Crippen molar-refractivity contribution >= 4 is 23.7 Å². The molecule has 0 bridgehead atoms. The molecule has 5 heteroatoms. The predicted octanol–water partition coefficient (Wildman–Crippen LogP) is 3.15. The SMILES string of the molecule is Cc1ccc(CN2C(=O)NC(=Cc3ccc(N(C)C)cc3)C2=O)cc1. The molecule has 0 atom stereocenters. The zero-order valence-corrected chi connectivity index (χ0v) is 14.6. The molecule has 3 rings (SSSR count). The molecule has 1 N–H and O–H groups in total. The normalized spacial score (nSPS) is 15.6. The van der Waals surface area contributed by atoms with Crippen LogP contribution in [0.3, 0.4) is 0 Å². The average molecular weight is 335 g/mol. The molecule has 0 aliphatic carbocycles. The van der Waals surface area contributed by atoms with Crippen LogP contribution in [0.15, 0.2) is 54.2 Å². The molecule has 5 nitrogen and oxygen atoms in total. The van der Waals surface area contributed by atoms with E-state index in [1.165, 1.54) is 4.90 Å². The predicted molar refractivity (Wildman–Crippen MR) is 99.0 cm³/mol. The van der Waals surface area contributed by atoms with Crippen LogP contribution in [-0.4, -0.2) is 30.9 Å². The summed E-state index contributed by atoms with van der Waals surface area (Å²) in [5, 5.41) is 2.66. The minimum Gasteiger partial charge on any atom is -0.378 e. The quantitative estimate of drug-likeness (QED) is 0.690. The third kappa shape index (κ3) is 3.71. The van der Waals surface area contributed by atoms with Gasteiger partial charge in [-0.1, -0.05) is 42.0 Å². The van der Waals surface area contributed by atoms with Crippen molar-refractivity contribution in [1.82, 2.24) is 10.2 Å². The van der Waals surface area contributed by atoms with Crippen LogP contribution in [0.5, 0.6) is 0 Å². The highest BCUT2D eigenvalue weighted by Crippen LogP contribution is 2.19. The first-order valence-corrected chi connectivity index (χ1v) is 8.11. The number of carbonyl (C=O) groups is 2. The van der Waals surface area contributed by atoms with Crippen LogP contribution in [-0.2, 0) is 11.3 Å². The second kappa shape index (κ2) is 6.81. The van der Waals surface area contributed by atoms with Gasteiger partial charge >= 0.3 is 6.03 Å². The van der Waals surface area contributed by atoms with Gasteiger partial charge in [0, 0.05) is 19.8 Å². The highest BCUT2D eigenvalue weighted by Gasteiger charge is 2.33. The summed E-state index contributed by atoms with van der Waals surface area (Å²) in [5.74, 6) is -0.303. The number of hydrogen-bond acceptors (Lipinski definition) is 3. The summed E-state index contributed by atoms with van der Waals surface area (Å²) < 4.78 is 0. The molecule has 25 heavy (non-hydrogen) atoms. The van der Waals surface area contributed by atoms with Crippen LogP contribution in [0.1, 0.15) is 16.7 Å². The van der Waals surface area contributed by atoms with Gasteiger partial charge in [0.1, 0.15) is 5.70 Å². The molecule has 1 heterocycles. The summed E-state index contributed by atoms with van der Waals surface area (Å²) in [6.07, 6.45) is 1.70. The first-order valence-electron chi connectivity index (χ1n) is 8.11. The van der Waals surface area contributed by atoms with Crippen LogP contribution < -0.4 is 10.2 Å². The molecule has 1 aliphatic heterocycles. The molecule has 0 aromatic heterocycles. The molecule has 1 saturated heterocycles. The van der Waals surface area contributed by atoms with Crippen molar-refractivity contribution < 1.29 is 9.59 Å². The lowest BCUT2D eigenvalue weighted by atomic mass is 10.1. The summed E-state index contributed by atoms with van der Waals surface area (Å²) in [5.41, 5.74) is 4.31. The molecule has 128 valence electrons. The molecular formula is C20H21N3O2. The maximum atomic E-state index is 12.5. The average Bonchev–Trinajstić information content (AvgIpc) is 2.85. The molecule has 1 fully saturated rings. The summed E-state index contributed by atoms with van der Waals surface area (Å²) in [6.45, 7) is 2.27. The van der Waals surface area contributed by atoms with Gasteiger partial charge in [-0.05, 0) is 36.3 Å². The molecule has 0 spiro atoms. The van der Waals surface area contributed by atoms with E-state index in [-0.39, 0.29) is 18.5 Å². The molecule has 0 radical (unpaired) electrons.